The monoisotopic (exact) mass is 297 g/mol. The number of carboxylic acid groups (broad SMARTS) is 1. The Kier molecular flexibility index (Phi) is 5.45. The first-order chi connectivity index (χ1) is 9.97. The van der Waals surface area contributed by atoms with Crippen molar-refractivity contribution in [2.24, 2.45) is 17.8 Å². The molecule has 2 saturated heterocycles. The molecule has 6 nitrogen and oxygen atoms in total. The Bertz CT molecular complexity index is 374. The zero-order chi connectivity index (χ0) is 15.4. The fourth-order valence-corrected chi connectivity index (χ4v) is 3.04. The second-order valence-electron chi connectivity index (χ2n) is 6.56. The third-order valence-corrected chi connectivity index (χ3v) is 4.96. The topological polar surface area (TPSA) is 72.9 Å². The highest BCUT2D eigenvalue weighted by molar-refractivity contribution is 5.76. The van der Waals surface area contributed by atoms with Crippen molar-refractivity contribution in [1.29, 1.82) is 0 Å². The van der Waals surface area contributed by atoms with Gasteiger partial charge >= 0.3 is 12.0 Å². The summed E-state index contributed by atoms with van der Waals surface area (Å²) in [7, 11) is 2.15. The predicted octanol–water partition coefficient (Wildman–Crippen LogP) is 1.08. The van der Waals surface area contributed by atoms with Crippen LogP contribution in [0.3, 0.4) is 0 Å². The summed E-state index contributed by atoms with van der Waals surface area (Å²) >= 11 is 0. The summed E-state index contributed by atoms with van der Waals surface area (Å²) in [5.41, 5.74) is 0. The summed E-state index contributed by atoms with van der Waals surface area (Å²) in [6.07, 6.45) is 3.48. The number of carbonyl (C=O) groups excluding carboxylic acids is 1. The number of nitrogens with one attached hydrogen (secondary N) is 1. The van der Waals surface area contributed by atoms with Gasteiger partial charge in [-0.25, -0.2) is 4.79 Å². The van der Waals surface area contributed by atoms with Crippen molar-refractivity contribution in [2.45, 2.75) is 26.2 Å². The highest BCUT2D eigenvalue weighted by Crippen LogP contribution is 2.24. The Balaban J connectivity index is 1.58. The molecule has 2 aliphatic rings. The molecule has 2 aliphatic heterocycles. The van der Waals surface area contributed by atoms with Gasteiger partial charge in [-0.2, -0.15) is 0 Å². The van der Waals surface area contributed by atoms with Crippen LogP contribution in [0.1, 0.15) is 26.2 Å². The molecule has 0 radical (unpaired) electrons. The van der Waals surface area contributed by atoms with Crippen molar-refractivity contribution >= 4 is 12.0 Å². The molecule has 0 aromatic carbocycles. The summed E-state index contributed by atoms with van der Waals surface area (Å²) in [6, 6.07) is -0.0447. The maximum absolute atomic E-state index is 11.9. The maximum Gasteiger partial charge on any atom is 0.317 e. The minimum atomic E-state index is -0.776. The number of hydrogen-bond acceptors (Lipinski definition) is 3. The first-order valence-electron chi connectivity index (χ1n) is 7.91. The highest BCUT2D eigenvalue weighted by atomic mass is 16.4. The molecule has 1 unspecified atom stereocenters. The van der Waals surface area contributed by atoms with Crippen molar-refractivity contribution in [1.82, 2.24) is 15.1 Å². The van der Waals surface area contributed by atoms with Crippen LogP contribution >= 0.6 is 0 Å². The first-order valence-corrected chi connectivity index (χ1v) is 7.91. The number of urea groups is 1. The number of carboxylic acids is 1. The van der Waals surface area contributed by atoms with Crippen molar-refractivity contribution in [3.05, 3.63) is 0 Å². The summed E-state index contributed by atoms with van der Waals surface area (Å²) < 4.78 is 0. The molecule has 2 rings (SSSR count). The van der Waals surface area contributed by atoms with E-state index in [1.165, 1.54) is 12.8 Å². The lowest BCUT2D eigenvalue weighted by Crippen LogP contribution is -2.56. The minimum Gasteiger partial charge on any atom is -0.481 e. The molecule has 2 N–H and O–H groups in total. The standard InChI is InChI=1S/C15H27N3O3/c1-11(14(19)20)13-9-18(10-13)15(21)16-6-3-12-4-7-17(2)8-5-12/h11-13H,3-10H2,1-2H3,(H,16,21)(H,19,20). The molecule has 0 saturated carbocycles. The molecular weight excluding hydrogens is 270 g/mol. The number of piperidine rings is 1. The molecular formula is C15H27N3O3. The predicted molar refractivity (Wildman–Crippen MR) is 80.1 cm³/mol. The molecule has 21 heavy (non-hydrogen) atoms. The van der Waals surface area contributed by atoms with E-state index in [-0.39, 0.29) is 17.9 Å². The van der Waals surface area contributed by atoms with E-state index in [1.54, 1.807) is 11.8 Å². The second-order valence-corrected chi connectivity index (χ2v) is 6.56. The van der Waals surface area contributed by atoms with Crippen molar-refractivity contribution in [3.63, 3.8) is 0 Å². The van der Waals surface area contributed by atoms with Gasteiger partial charge in [-0.3, -0.25) is 4.79 Å². The third-order valence-electron chi connectivity index (χ3n) is 4.96. The van der Waals surface area contributed by atoms with E-state index < -0.39 is 5.97 Å². The second kappa shape index (κ2) is 7.11. The van der Waals surface area contributed by atoms with Gasteiger partial charge in [-0.1, -0.05) is 6.92 Å². The van der Waals surface area contributed by atoms with Gasteiger partial charge in [0.25, 0.3) is 0 Å². The largest absolute Gasteiger partial charge is 0.481 e. The van der Waals surface area contributed by atoms with Gasteiger partial charge in [0.2, 0.25) is 0 Å². The Morgan fingerprint density at radius 1 is 1.29 bits per heavy atom. The SMILES string of the molecule is CC(C(=O)O)C1CN(C(=O)NCCC2CCN(C)CC2)C1. The van der Waals surface area contributed by atoms with Crippen molar-refractivity contribution in [3.8, 4) is 0 Å². The number of rotatable bonds is 5. The van der Waals surface area contributed by atoms with Gasteiger partial charge in [0.05, 0.1) is 5.92 Å². The lowest BCUT2D eigenvalue weighted by molar-refractivity contribution is -0.144. The van der Waals surface area contributed by atoms with Gasteiger partial charge < -0.3 is 20.2 Å². The van der Waals surface area contributed by atoms with Crippen LogP contribution in [0.15, 0.2) is 0 Å². The fraction of sp³-hybridized carbons (Fsp3) is 0.867. The van der Waals surface area contributed by atoms with Crippen molar-refractivity contribution in [2.75, 3.05) is 39.8 Å². The molecule has 2 amide bonds. The average molecular weight is 297 g/mol. The van der Waals surface area contributed by atoms with Crippen LogP contribution in [0.5, 0.6) is 0 Å². The minimum absolute atomic E-state index is 0.0447. The average Bonchev–Trinajstić information content (AvgIpc) is 2.39. The quantitative estimate of drug-likeness (QED) is 0.796. The molecule has 2 fully saturated rings. The zero-order valence-electron chi connectivity index (χ0n) is 13.0. The van der Waals surface area contributed by atoms with Crippen LogP contribution in [0.4, 0.5) is 4.79 Å². The van der Waals surface area contributed by atoms with Gasteiger partial charge in [-0.05, 0) is 45.3 Å². The number of carbonyl (C=O) groups is 2. The molecule has 1 atom stereocenters. The summed E-state index contributed by atoms with van der Waals surface area (Å²) in [6.45, 7) is 5.87. The number of likely N-dealkylation sites (tertiary alicyclic amines) is 2. The number of aliphatic carboxylic acids is 1. The van der Waals surface area contributed by atoms with Crippen LogP contribution in [0.2, 0.25) is 0 Å². The lowest BCUT2D eigenvalue weighted by Gasteiger charge is -2.41. The van der Waals surface area contributed by atoms with Crippen LogP contribution in [0.25, 0.3) is 0 Å². The van der Waals surface area contributed by atoms with E-state index in [4.69, 9.17) is 5.11 Å². The summed E-state index contributed by atoms with van der Waals surface area (Å²) in [5, 5.41) is 11.9. The van der Waals surface area contributed by atoms with Crippen LogP contribution in [0, 0.1) is 17.8 Å². The van der Waals surface area contributed by atoms with E-state index in [1.807, 2.05) is 0 Å². The Labute approximate surface area is 126 Å². The molecule has 0 spiro atoms. The first kappa shape index (κ1) is 16.1. The summed E-state index contributed by atoms with van der Waals surface area (Å²) in [5.74, 6) is -0.324. The number of hydrogen-bond donors (Lipinski definition) is 2. The van der Waals surface area contributed by atoms with E-state index >= 15 is 0 Å². The molecule has 0 aliphatic carbocycles. The van der Waals surface area contributed by atoms with E-state index in [0.29, 0.717) is 13.1 Å². The van der Waals surface area contributed by atoms with Gasteiger partial charge in [0.1, 0.15) is 0 Å². The van der Waals surface area contributed by atoms with E-state index in [0.717, 1.165) is 32.0 Å². The normalized spacial score (nSPS) is 22.7. The third kappa shape index (κ3) is 4.33. The molecule has 6 heteroatoms. The van der Waals surface area contributed by atoms with Gasteiger partial charge in [0.15, 0.2) is 0 Å². The van der Waals surface area contributed by atoms with Crippen LogP contribution < -0.4 is 5.32 Å². The molecule has 0 bridgehead atoms. The number of nitrogens with zero attached hydrogens (tertiary/aromatic N) is 2. The van der Waals surface area contributed by atoms with E-state index in [9.17, 15) is 9.59 Å². The van der Waals surface area contributed by atoms with E-state index in [2.05, 4.69) is 17.3 Å². The van der Waals surface area contributed by atoms with Crippen LogP contribution in [-0.4, -0.2) is 66.7 Å². The molecule has 2 heterocycles. The summed E-state index contributed by atoms with van der Waals surface area (Å²) in [4.78, 5) is 26.8. The Morgan fingerprint density at radius 3 is 2.48 bits per heavy atom. The highest BCUT2D eigenvalue weighted by Gasteiger charge is 2.37. The molecule has 120 valence electrons. The molecule has 0 aromatic heterocycles. The van der Waals surface area contributed by atoms with Crippen LogP contribution in [-0.2, 0) is 4.79 Å². The smallest absolute Gasteiger partial charge is 0.317 e. The molecule has 0 aromatic rings. The lowest BCUT2D eigenvalue weighted by atomic mass is 9.87. The number of amides is 2. The van der Waals surface area contributed by atoms with Crippen molar-refractivity contribution < 1.29 is 14.7 Å². The van der Waals surface area contributed by atoms with Gasteiger partial charge in [-0.15, -0.1) is 0 Å². The fourth-order valence-electron chi connectivity index (χ4n) is 3.04. The Morgan fingerprint density at radius 2 is 1.90 bits per heavy atom. The zero-order valence-corrected chi connectivity index (χ0v) is 13.0. The Hall–Kier alpha value is -1.30. The van der Waals surface area contributed by atoms with Gasteiger partial charge in [0, 0.05) is 25.6 Å². The maximum atomic E-state index is 11.9.